The third kappa shape index (κ3) is 4.46. The lowest BCUT2D eigenvalue weighted by Gasteiger charge is -2.01. The SMILES string of the molecule is O=Cc1cccc(SCCO[N+](=O)[O-])c1. The second-order valence-corrected chi connectivity index (χ2v) is 3.76. The molecule has 0 N–H and O–H groups in total. The Hall–Kier alpha value is -1.56. The van der Waals surface area contributed by atoms with Gasteiger partial charge in [-0.1, -0.05) is 12.1 Å². The van der Waals surface area contributed by atoms with Gasteiger partial charge in [-0.15, -0.1) is 21.9 Å². The molecule has 0 spiro atoms. The van der Waals surface area contributed by atoms with Crippen LogP contribution in [0, 0.1) is 10.1 Å². The predicted molar refractivity (Wildman–Crippen MR) is 55.5 cm³/mol. The zero-order valence-electron chi connectivity index (χ0n) is 7.79. The fourth-order valence-electron chi connectivity index (χ4n) is 0.949. The Morgan fingerprint density at radius 3 is 3.00 bits per heavy atom. The maximum Gasteiger partial charge on any atom is 0.294 e. The molecule has 0 saturated heterocycles. The average molecular weight is 227 g/mol. The molecular formula is C9H9NO4S. The summed E-state index contributed by atoms with van der Waals surface area (Å²) in [7, 11) is 0. The van der Waals surface area contributed by atoms with Crippen LogP contribution in [0.5, 0.6) is 0 Å². The highest BCUT2D eigenvalue weighted by molar-refractivity contribution is 7.99. The van der Waals surface area contributed by atoms with Crippen molar-refractivity contribution >= 4 is 18.0 Å². The van der Waals surface area contributed by atoms with Gasteiger partial charge in [0.2, 0.25) is 0 Å². The van der Waals surface area contributed by atoms with Gasteiger partial charge in [-0.05, 0) is 12.1 Å². The highest BCUT2D eigenvalue weighted by atomic mass is 32.2. The molecule has 0 aliphatic carbocycles. The third-order valence-corrected chi connectivity index (χ3v) is 2.50. The first kappa shape index (κ1) is 11.5. The summed E-state index contributed by atoms with van der Waals surface area (Å²) in [6.07, 6.45) is 0.761. The monoisotopic (exact) mass is 227 g/mol. The van der Waals surface area contributed by atoms with Crippen LogP contribution in [-0.2, 0) is 4.84 Å². The number of benzene rings is 1. The molecule has 0 unspecified atom stereocenters. The maximum atomic E-state index is 10.5. The molecule has 0 aliphatic heterocycles. The molecule has 15 heavy (non-hydrogen) atoms. The van der Waals surface area contributed by atoms with E-state index in [-0.39, 0.29) is 6.61 Å². The first-order chi connectivity index (χ1) is 7.22. The van der Waals surface area contributed by atoms with Crippen LogP contribution in [-0.4, -0.2) is 23.7 Å². The van der Waals surface area contributed by atoms with Gasteiger partial charge in [0.1, 0.15) is 12.9 Å². The summed E-state index contributed by atoms with van der Waals surface area (Å²) in [5.74, 6) is 0.475. The fourth-order valence-corrected chi connectivity index (χ4v) is 1.74. The summed E-state index contributed by atoms with van der Waals surface area (Å²) >= 11 is 1.40. The summed E-state index contributed by atoms with van der Waals surface area (Å²) in [5.41, 5.74) is 0.593. The molecule has 0 aliphatic rings. The number of rotatable bonds is 6. The molecule has 0 heterocycles. The number of hydrogen-bond donors (Lipinski definition) is 0. The molecule has 0 atom stereocenters. The van der Waals surface area contributed by atoms with E-state index in [1.165, 1.54) is 11.8 Å². The highest BCUT2D eigenvalue weighted by Crippen LogP contribution is 2.18. The molecule has 5 nitrogen and oxygen atoms in total. The van der Waals surface area contributed by atoms with Gasteiger partial charge in [-0.2, -0.15) is 0 Å². The van der Waals surface area contributed by atoms with Gasteiger partial charge in [-0.3, -0.25) is 4.79 Å². The van der Waals surface area contributed by atoms with Gasteiger partial charge in [0.25, 0.3) is 5.09 Å². The molecular weight excluding hydrogens is 218 g/mol. The Labute approximate surface area is 90.5 Å². The first-order valence-corrected chi connectivity index (χ1v) is 5.16. The lowest BCUT2D eigenvalue weighted by molar-refractivity contribution is -0.756. The minimum absolute atomic E-state index is 0.0446. The van der Waals surface area contributed by atoms with E-state index in [1.54, 1.807) is 18.2 Å². The van der Waals surface area contributed by atoms with Gasteiger partial charge >= 0.3 is 0 Å². The van der Waals surface area contributed by atoms with E-state index in [4.69, 9.17) is 0 Å². The van der Waals surface area contributed by atoms with E-state index in [1.807, 2.05) is 6.07 Å². The number of nitrogens with zero attached hydrogens (tertiary/aromatic N) is 1. The molecule has 0 saturated carbocycles. The van der Waals surface area contributed by atoms with Gasteiger partial charge < -0.3 is 4.84 Å². The third-order valence-electron chi connectivity index (χ3n) is 1.54. The first-order valence-electron chi connectivity index (χ1n) is 4.17. The molecule has 1 rings (SSSR count). The molecule has 0 bridgehead atoms. The van der Waals surface area contributed by atoms with Gasteiger partial charge in [0.05, 0.1) is 0 Å². The van der Waals surface area contributed by atoms with Crippen LogP contribution >= 0.6 is 11.8 Å². The Morgan fingerprint density at radius 1 is 1.53 bits per heavy atom. The molecule has 80 valence electrons. The Kier molecular flexibility index (Phi) is 4.62. The summed E-state index contributed by atoms with van der Waals surface area (Å²) in [4.78, 5) is 25.3. The van der Waals surface area contributed by atoms with E-state index in [9.17, 15) is 14.9 Å². The van der Waals surface area contributed by atoms with Crippen molar-refractivity contribution in [2.24, 2.45) is 0 Å². The van der Waals surface area contributed by atoms with Crippen molar-refractivity contribution in [3.05, 3.63) is 39.9 Å². The van der Waals surface area contributed by atoms with Gasteiger partial charge in [0.15, 0.2) is 0 Å². The van der Waals surface area contributed by atoms with E-state index < -0.39 is 5.09 Å². The maximum absolute atomic E-state index is 10.5. The van der Waals surface area contributed by atoms with Crippen LogP contribution in [0.2, 0.25) is 0 Å². The number of hydrogen-bond acceptors (Lipinski definition) is 5. The topological polar surface area (TPSA) is 69.4 Å². The van der Waals surface area contributed by atoms with Gasteiger partial charge in [-0.25, -0.2) is 0 Å². The average Bonchev–Trinajstić information content (AvgIpc) is 2.24. The van der Waals surface area contributed by atoms with Gasteiger partial charge in [0, 0.05) is 16.2 Å². The fraction of sp³-hybridized carbons (Fsp3) is 0.222. The Morgan fingerprint density at radius 2 is 2.33 bits per heavy atom. The quantitative estimate of drug-likeness (QED) is 0.244. The van der Waals surface area contributed by atoms with Crippen LogP contribution in [0.3, 0.4) is 0 Å². The molecule has 1 aromatic rings. The zero-order chi connectivity index (χ0) is 11.1. The lowest BCUT2D eigenvalue weighted by atomic mass is 10.2. The number of carbonyl (C=O) groups is 1. The zero-order valence-corrected chi connectivity index (χ0v) is 8.61. The van der Waals surface area contributed by atoms with E-state index in [2.05, 4.69) is 4.84 Å². The molecule has 6 heteroatoms. The summed E-state index contributed by atoms with van der Waals surface area (Å²) < 4.78 is 0. The van der Waals surface area contributed by atoms with E-state index in [0.29, 0.717) is 11.3 Å². The minimum atomic E-state index is -0.817. The molecule has 0 radical (unpaired) electrons. The predicted octanol–water partition coefficient (Wildman–Crippen LogP) is 1.80. The Balaban J connectivity index is 2.37. The Bertz CT molecular complexity index is 356. The van der Waals surface area contributed by atoms with Crippen molar-refractivity contribution in [3.63, 3.8) is 0 Å². The van der Waals surface area contributed by atoms with Crippen LogP contribution in [0.25, 0.3) is 0 Å². The smallest absolute Gasteiger partial charge is 0.294 e. The molecule has 0 aromatic heterocycles. The largest absolute Gasteiger partial charge is 0.313 e. The van der Waals surface area contributed by atoms with Crippen LogP contribution in [0.15, 0.2) is 29.2 Å². The summed E-state index contributed by atoms with van der Waals surface area (Å²) in [6, 6.07) is 7.03. The highest BCUT2D eigenvalue weighted by Gasteiger charge is 1.98. The molecule has 0 amide bonds. The minimum Gasteiger partial charge on any atom is -0.313 e. The second kappa shape index (κ2) is 6.02. The number of carbonyl (C=O) groups excluding carboxylic acids is 1. The number of aldehydes is 1. The normalized spacial score (nSPS) is 9.60. The van der Waals surface area contributed by atoms with E-state index >= 15 is 0 Å². The summed E-state index contributed by atoms with van der Waals surface area (Å²) in [6.45, 7) is 0.0446. The van der Waals surface area contributed by atoms with Crippen molar-refractivity contribution in [2.75, 3.05) is 12.4 Å². The van der Waals surface area contributed by atoms with Crippen LogP contribution in [0.4, 0.5) is 0 Å². The lowest BCUT2D eigenvalue weighted by Crippen LogP contribution is -2.03. The standard InChI is InChI=1S/C9H9NO4S/c11-7-8-2-1-3-9(6-8)15-5-4-14-10(12)13/h1-3,6-7H,4-5H2. The van der Waals surface area contributed by atoms with Crippen LogP contribution in [0.1, 0.15) is 10.4 Å². The van der Waals surface area contributed by atoms with Crippen LogP contribution < -0.4 is 0 Å². The molecule has 0 fully saturated rings. The van der Waals surface area contributed by atoms with Crippen molar-refractivity contribution in [3.8, 4) is 0 Å². The van der Waals surface area contributed by atoms with E-state index in [0.717, 1.165) is 11.2 Å². The molecule has 1 aromatic carbocycles. The van der Waals surface area contributed by atoms with Crippen molar-refractivity contribution < 1.29 is 14.7 Å². The second-order valence-electron chi connectivity index (χ2n) is 2.60. The number of thioether (sulfide) groups is 1. The van der Waals surface area contributed by atoms with Crippen molar-refractivity contribution in [1.29, 1.82) is 0 Å². The van der Waals surface area contributed by atoms with Crippen molar-refractivity contribution in [2.45, 2.75) is 4.90 Å². The van der Waals surface area contributed by atoms with Crippen molar-refractivity contribution in [1.82, 2.24) is 0 Å². The summed E-state index contributed by atoms with van der Waals surface area (Å²) in [5, 5.41) is 9.02.